The Balaban J connectivity index is 1.68. The molecule has 0 aliphatic heterocycles. The molecule has 6 nitrogen and oxygen atoms in total. The summed E-state index contributed by atoms with van der Waals surface area (Å²) in [6, 6.07) is 13.7. The first-order valence-electron chi connectivity index (χ1n) is 8.60. The van der Waals surface area contributed by atoms with Gasteiger partial charge in [0.25, 0.3) is 5.56 Å². The Bertz CT molecular complexity index is 1180. The van der Waals surface area contributed by atoms with E-state index in [-0.39, 0.29) is 11.1 Å². The zero-order valence-electron chi connectivity index (χ0n) is 15.1. The van der Waals surface area contributed by atoms with Gasteiger partial charge in [-0.05, 0) is 42.7 Å². The van der Waals surface area contributed by atoms with Gasteiger partial charge in [-0.15, -0.1) is 5.10 Å². The van der Waals surface area contributed by atoms with E-state index in [0.29, 0.717) is 23.8 Å². The summed E-state index contributed by atoms with van der Waals surface area (Å²) in [6.45, 7) is 5.00. The second kappa shape index (κ2) is 6.96. The molecular weight excluding hydrogens is 362 g/mol. The molecule has 0 N–H and O–H groups in total. The molecule has 2 aromatic carbocycles. The van der Waals surface area contributed by atoms with Crippen LogP contribution in [0.25, 0.3) is 11.2 Å². The third-order valence-corrected chi connectivity index (χ3v) is 4.83. The molecule has 0 spiro atoms. The molecular formula is C20H18ClN5O. The molecule has 4 aromatic rings. The minimum atomic E-state index is -0.191. The number of halogens is 1. The van der Waals surface area contributed by atoms with Crippen molar-refractivity contribution < 1.29 is 0 Å². The molecule has 0 fully saturated rings. The zero-order valence-corrected chi connectivity index (χ0v) is 15.8. The van der Waals surface area contributed by atoms with Gasteiger partial charge in [0.05, 0.1) is 13.1 Å². The van der Waals surface area contributed by atoms with E-state index in [4.69, 9.17) is 11.6 Å². The largest absolute Gasteiger partial charge is 0.293 e. The van der Waals surface area contributed by atoms with Gasteiger partial charge in [-0.1, -0.05) is 52.7 Å². The lowest BCUT2D eigenvalue weighted by atomic mass is 10.1. The van der Waals surface area contributed by atoms with E-state index in [9.17, 15) is 4.79 Å². The predicted octanol–water partition coefficient (Wildman–Crippen LogP) is 3.35. The molecule has 2 aromatic heterocycles. The molecule has 7 heteroatoms. The van der Waals surface area contributed by atoms with Crippen LogP contribution in [-0.4, -0.2) is 24.5 Å². The van der Waals surface area contributed by atoms with Gasteiger partial charge in [-0.2, -0.15) is 0 Å². The maximum atomic E-state index is 12.8. The molecule has 27 heavy (non-hydrogen) atoms. The first kappa shape index (κ1) is 17.4. The summed E-state index contributed by atoms with van der Waals surface area (Å²) in [7, 11) is 0. The summed E-state index contributed by atoms with van der Waals surface area (Å²) in [5.74, 6) is 0. The number of benzene rings is 2. The van der Waals surface area contributed by atoms with Crippen LogP contribution in [0.5, 0.6) is 0 Å². The lowest BCUT2D eigenvalue weighted by molar-refractivity contribution is 0.662. The predicted molar refractivity (Wildman–Crippen MR) is 105 cm³/mol. The monoisotopic (exact) mass is 379 g/mol. The molecule has 0 aliphatic rings. The van der Waals surface area contributed by atoms with Crippen LogP contribution in [0.2, 0.25) is 5.02 Å². The van der Waals surface area contributed by atoms with E-state index in [1.54, 1.807) is 15.6 Å². The van der Waals surface area contributed by atoms with Crippen LogP contribution in [0, 0.1) is 13.8 Å². The van der Waals surface area contributed by atoms with Crippen LogP contribution < -0.4 is 5.56 Å². The van der Waals surface area contributed by atoms with E-state index < -0.39 is 0 Å². The van der Waals surface area contributed by atoms with Crippen molar-refractivity contribution in [2.75, 3.05) is 0 Å². The molecule has 0 aliphatic carbocycles. The summed E-state index contributed by atoms with van der Waals surface area (Å²) < 4.78 is 3.20. The van der Waals surface area contributed by atoms with Crippen molar-refractivity contribution in [2.24, 2.45) is 0 Å². The number of aromatic nitrogens is 5. The van der Waals surface area contributed by atoms with Crippen molar-refractivity contribution >= 4 is 22.8 Å². The highest BCUT2D eigenvalue weighted by Crippen LogP contribution is 2.14. The van der Waals surface area contributed by atoms with Crippen LogP contribution in [0.3, 0.4) is 0 Å². The summed E-state index contributed by atoms with van der Waals surface area (Å²) in [5.41, 5.74) is 4.96. The minimum absolute atomic E-state index is 0.191. The van der Waals surface area contributed by atoms with Crippen molar-refractivity contribution in [3.63, 3.8) is 0 Å². The van der Waals surface area contributed by atoms with Crippen molar-refractivity contribution in [3.05, 3.63) is 86.4 Å². The van der Waals surface area contributed by atoms with Crippen LogP contribution in [0.15, 0.2) is 53.6 Å². The van der Waals surface area contributed by atoms with Gasteiger partial charge in [0.1, 0.15) is 6.33 Å². The smallest absolute Gasteiger partial charge is 0.283 e. The van der Waals surface area contributed by atoms with E-state index >= 15 is 0 Å². The summed E-state index contributed by atoms with van der Waals surface area (Å²) in [6.07, 6.45) is 1.56. The molecule has 0 unspecified atom stereocenters. The van der Waals surface area contributed by atoms with Crippen molar-refractivity contribution in [1.29, 1.82) is 0 Å². The highest BCUT2D eigenvalue weighted by atomic mass is 35.5. The number of aryl methyl sites for hydroxylation is 2. The Kier molecular flexibility index (Phi) is 4.49. The van der Waals surface area contributed by atoms with Crippen molar-refractivity contribution in [1.82, 2.24) is 24.5 Å². The number of nitrogens with zero attached hydrogens (tertiary/aromatic N) is 5. The molecule has 0 saturated carbocycles. The third-order valence-electron chi connectivity index (χ3n) is 4.58. The van der Waals surface area contributed by atoms with Gasteiger partial charge < -0.3 is 0 Å². The van der Waals surface area contributed by atoms with Gasteiger partial charge >= 0.3 is 0 Å². The van der Waals surface area contributed by atoms with Gasteiger partial charge in [0.2, 0.25) is 0 Å². The average Bonchev–Trinajstić information content (AvgIpc) is 3.06. The van der Waals surface area contributed by atoms with Crippen LogP contribution in [0.4, 0.5) is 0 Å². The molecule has 2 heterocycles. The first-order chi connectivity index (χ1) is 13.0. The molecule has 0 atom stereocenters. The third kappa shape index (κ3) is 3.48. The Labute approximate surface area is 161 Å². The maximum absolute atomic E-state index is 12.8. The lowest BCUT2D eigenvalue weighted by Gasteiger charge is -2.09. The fourth-order valence-electron chi connectivity index (χ4n) is 3.02. The normalized spacial score (nSPS) is 11.2. The average molecular weight is 380 g/mol. The fourth-order valence-corrected chi connectivity index (χ4v) is 3.15. The summed E-state index contributed by atoms with van der Waals surface area (Å²) >= 11 is 5.92. The Hall–Kier alpha value is -2.99. The Morgan fingerprint density at radius 2 is 1.81 bits per heavy atom. The van der Waals surface area contributed by atoms with Crippen molar-refractivity contribution in [3.8, 4) is 0 Å². The van der Waals surface area contributed by atoms with Crippen molar-refractivity contribution in [2.45, 2.75) is 26.9 Å². The Morgan fingerprint density at radius 3 is 2.59 bits per heavy atom. The van der Waals surface area contributed by atoms with Gasteiger partial charge in [0.15, 0.2) is 11.2 Å². The van der Waals surface area contributed by atoms with Crippen LogP contribution in [0.1, 0.15) is 22.3 Å². The number of rotatable bonds is 4. The minimum Gasteiger partial charge on any atom is -0.293 e. The molecule has 0 bridgehead atoms. The van der Waals surface area contributed by atoms with Crippen LogP contribution in [-0.2, 0) is 13.1 Å². The highest BCUT2D eigenvalue weighted by molar-refractivity contribution is 6.30. The second-order valence-electron chi connectivity index (χ2n) is 6.65. The molecule has 4 rings (SSSR count). The maximum Gasteiger partial charge on any atom is 0.283 e. The van der Waals surface area contributed by atoms with E-state index in [2.05, 4.69) is 33.5 Å². The topological polar surface area (TPSA) is 65.6 Å². The van der Waals surface area contributed by atoms with Gasteiger partial charge in [-0.3, -0.25) is 9.36 Å². The number of fused-ring (bicyclic) bond motifs is 1. The molecule has 0 saturated heterocycles. The first-order valence-corrected chi connectivity index (χ1v) is 8.98. The highest BCUT2D eigenvalue weighted by Gasteiger charge is 2.13. The summed E-state index contributed by atoms with van der Waals surface area (Å²) in [5, 5.41) is 8.85. The second-order valence-corrected chi connectivity index (χ2v) is 7.09. The fraction of sp³-hybridized carbons (Fsp3) is 0.200. The zero-order chi connectivity index (χ0) is 19.0. The van der Waals surface area contributed by atoms with Crippen LogP contribution >= 0.6 is 11.6 Å². The molecule has 0 amide bonds. The van der Waals surface area contributed by atoms with Gasteiger partial charge in [-0.25, -0.2) is 9.67 Å². The standard InChI is InChI=1S/C20H18ClN5O/c1-13-3-4-14(2)16(9-13)11-25-12-22-19-18(20(25)27)23-24-26(19)10-15-5-7-17(21)8-6-15/h3-9,12H,10-11H2,1-2H3. The number of hydrogen-bond acceptors (Lipinski definition) is 4. The number of hydrogen-bond donors (Lipinski definition) is 0. The van der Waals surface area contributed by atoms with Gasteiger partial charge in [0, 0.05) is 5.02 Å². The van der Waals surface area contributed by atoms with E-state index in [0.717, 1.165) is 22.3 Å². The van der Waals surface area contributed by atoms with E-state index in [1.807, 2.05) is 38.1 Å². The van der Waals surface area contributed by atoms with E-state index in [1.165, 1.54) is 0 Å². The quantitative estimate of drug-likeness (QED) is 0.545. The lowest BCUT2D eigenvalue weighted by Crippen LogP contribution is -2.22. The molecule has 0 radical (unpaired) electrons. The SMILES string of the molecule is Cc1ccc(C)c(Cn2cnc3c(nnn3Cc3ccc(Cl)cc3)c2=O)c1. The molecule has 136 valence electrons. The Morgan fingerprint density at radius 1 is 1.04 bits per heavy atom. The summed E-state index contributed by atoms with van der Waals surface area (Å²) in [4.78, 5) is 17.3.